The molecule has 0 unspecified atom stereocenters. The van der Waals surface area contributed by atoms with E-state index in [-0.39, 0.29) is 5.41 Å². The van der Waals surface area contributed by atoms with Crippen molar-refractivity contribution in [3.05, 3.63) is 53.6 Å². The van der Waals surface area contributed by atoms with Crippen LogP contribution in [0.3, 0.4) is 0 Å². The third-order valence-electron chi connectivity index (χ3n) is 3.42. The van der Waals surface area contributed by atoms with Crippen LogP contribution in [0.2, 0.25) is 0 Å². The molecule has 0 aliphatic rings. The molecule has 0 atom stereocenters. The molecule has 0 bridgehead atoms. The molecule has 0 heterocycles. The van der Waals surface area contributed by atoms with Crippen LogP contribution in [0.1, 0.15) is 31.9 Å². The zero-order valence-corrected chi connectivity index (χ0v) is 13.1. The van der Waals surface area contributed by atoms with Crippen molar-refractivity contribution in [1.29, 1.82) is 0 Å². The van der Waals surface area contributed by atoms with Gasteiger partial charge < -0.3 is 15.2 Å². The van der Waals surface area contributed by atoms with Crippen molar-refractivity contribution in [1.82, 2.24) is 0 Å². The highest BCUT2D eigenvalue weighted by atomic mass is 16.5. The van der Waals surface area contributed by atoms with E-state index < -0.39 is 0 Å². The average Bonchev–Trinajstić information content (AvgIpc) is 2.46. The molecule has 0 saturated carbocycles. The van der Waals surface area contributed by atoms with E-state index in [0.29, 0.717) is 6.54 Å². The lowest BCUT2D eigenvalue weighted by Gasteiger charge is -2.20. The van der Waals surface area contributed by atoms with Crippen molar-refractivity contribution in [3.8, 4) is 17.2 Å². The number of nitrogens with two attached hydrogens (primary N) is 1. The Balaban J connectivity index is 2.33. The number of rotatable bonds is 4. The van der Waals surface area contributed by atoms with Gasteiger partial charge in [-0.2, -0.15) is 0 Å². The Morgan fingerprint density at radius 3 is 2.38 bits per heavy atom. The van der Waals surface area contributed by atoms with Crippen LogP contribution in [-0.4, -0.2) is 7.11 Å². The molecule has 0 saturated heterocycles. The lowest BCUT2D eigenvalue weighted by atomic mass is 9.87. The maximum atomic E-state index is 6.02. The zero-order valence-electron chi connectivity index (χ0n) is 13.1. The van der Waals surface area contributed by atoms with Gasteiger partial charge in [0.25, 0.3) is 0 Å². The fourth-order valence-electron chi connectivity index (χ4n) is 2.08. The third kappa shape index (κ3) is 3.76. The molecule has 0 spiro atoms. The fraction of sp³-hybridized carbons (Fsp3) is 0.333. The molecule has 2 aromatic rings. The molecule has 0 amide bonds. The molecule has 2 N–H and O–H groups in total. The lowest BCUT2D eigenvalue weighted by molar-refractivity contribution is 0.408. The second-order valence-corrected chi connectivity index (χ2v) is 6.06. The number of methoxy groups -OCH3 is 1. The molecule has 2 rings (SSSR count). The molecule has 0 aromatic heterocycles. The minimum absolute atomic E-state index is 0.0877. The minimum atomic E-state index is 0.0877. The van der Waals surface area contributed by atoms with Gasteiger partial charge in [-0.1, -0.05) is 39.0 Å². The first-order chi connectivity index (χ1) is 9.94. The van der Waals surface area contributed by atoms with Gasteiger partial charge in [-0.15, -0.1) is 0 Å². The second-order valence-electron chi connectivity index (χ2n) is 6.06. The normalized spacial score (nSPS) is 11.3. The number of ether oxygens (including phenoxy) is 2. The van der Waals surface area contributed by atoms with Gasteiger partial charge in [0, 0.05) is 18.2 Å². The number of hydrogen-bond donors (Lipinski definition) is 1. The standard InChI is InChI=1S/C18H23NO2/c1-18(2,3)14-6-5-7-16(10-14)21-17-11-15(20-4)9-8-13(17)12-19/h5-11H,12,19H2,1-4H3. The van der Waals surface area contributed by atoms with E-state index >= 15 is 0 Å². The molecule has 0 radical (unpaired) electrons. The van der Waals surface area contributed by atoms with Crippen molar-refractivity contribution in [2.24, 2.45) is 5.73 Å². The van der Waals surface area contributed by atoms with Crippen LogP contribution in [-0.2, 0) is 12.0 Å². The summed E-state index contributed by atoms with van der Waals surface area (Å²) in [5.74, 6) is 2.31. The maximum Gasteiger partial charge on any atom is 0.135 e. The van der Waals surface area contributed by atoms with Crippen LogP contribution in [0, 0.1) is 0 Å². The first-order valence-electron chi connectivity index (χ1n) is 7.09. The van der Waals surface area contributed by atoms with E-state index in [1.54, 1.807) is 7.11 Å². The first kappa shape index (κ1) is 15.4. The summed E-state index contributed by atoms with van der Waals surface area (Å²) in [6.07, 6.45) is 0. The van der Waals surface area contributed by atoms with E-state index in [0.717, 1.165) is 22.8 Å². The predicted molar refractivity (Wildman–Crippen MR) is 86.1 cm³/mol. The van der Waals surface area contributed by atoms with Crippen molar-refractivity contribution in [2.75, 3.05) is 7.11 Å². The monoisotopic (exact) mass is 285 g/mol. The van der Waals surface area contributed by atoms with E-state index in [4.69, 9.17) is 15.2 Å². The average molecular weight is 285 g/mol. The molecular weight excluding hydrogens is 262 g/mol. The number of hydrogen-bond acceptors (Lipinski definition) is 3. The highest BCUT2D eigenvalue weighted by Crippen LogP contribution is 2.32. The van der Waals surface area contributed by atoms with Gasteiger partial charge in [0.1, 0.15) is 17.2 Å². The molecular formula is C18H23NO2. The Morgan fingerprint density at radius 1 is 1.00 bits per heavy atom. The van der Waals surface area contributed by atoms with Gasteiger partial charge in [-0.05, 0) is 29.2 Å². The van der Waals surface area contributed by atoms with Crippen LogP contribution in [0.15, 0.2) is 42.5 Å². The van der Waals surface area contributed by atoms with E-state index in [1.165, 1.54) is 5.56 Å². The molecule has 2 aromatic carbocycles. The molecule has 21 heavy (non-hydrogen) atoms. The van der Waals surface area contributed by atoms with Gasteiger partial charge in [0.2, 0.25) is 0 Å². The fourth-order valence-corrected chi connectivity index (χ4v) is 2.08. The Bertz CT molecular complexity index is 615. The molecule has 3 heteroatoms. The molecule has 0 aliphatic heterocycles. The van der Waals surface area contributed by atoms with Crippen LogP contribution in [0.5, 0.6) is 17.2 Å². The highest BCUT2D eigenvalue weighted by molar-refractivity contribution is 5.44. The van der Waals surface area contributed by atoms with Crippen molar-refractivity contribution in [3.63, 3.8) is 0 Å². The maximum absolute atomic E-state index is 6.02. The van der Waals surface area contributed by atoms with Gasteiger partial charge >= 0.3 is 0 Å². The summed E-state index contributed by atoms with van der Waals surface area (Å²) in [7, 11) is 1.64. The van der Waals surface area contributed by atoms with Crippen molar-refractivity contribution < 1.29 is 9.47 Å². The summed E-state index contributed by atoms with van der Waals surface area (Å²) in [6, 6.07) is 13.8. The van der Waals surface area contributed by atoms with Crippen LogP contribution < -0.4 is 15.2 Å². The summed E-state index contributed by atoms with van der Waals surface area (Å²) in [6.45, 7) is 6.98. The Hall–Kier alpha value is -2.00. The Kier molecular flexibility index (Phi) is 4.53. The first-order valence-corrected chi connectivity index (χ1v) is 7.09. The highest BCUT2D eigenvalue weighted by Gasteiger charge is 2.14. The van der Waals surface area contributed by atoms with Gasteiger partial charge in [-0.3, -0.25) is 0 Å². The van der Waals surface area contributed by atoms with Crippen molar-refractivity contribution in [2.45, 2.75) is 32.7 Å². The topological polar surface area (TPSA) is 44.5 Å². The smallest absolute Gasteiger partial charge is 0.135 e. The van der Waals surface area contributed by atoms with Crippen LogP contribution in [0.25, 0.3) is 0 Å². The number of benzene rings is 2. The summed E-state index contributed by atoms with van der Waals surface area (Å²) < 4.78 is 11.3. The minimum Gasteiger partial charge on any atom is -0.497 e. The molecule has 112 valence electrons. The van der Waals surface area contributed by atoms with E-state index in [2.05, 4.69) is 32.9 Å². The largest absolute Gasteiger partial charge is 0.497 e. The zero-order chi connectivity index (χ0) is 15.5. The van der Waals surface area contributed by atoms with Crippen molar-refractivity contribution >= 4 is 0 Å². The summed E-state index contributed by atoms with van der Waals surface area (Å²) in [5, 5.41) is 0. The lowest BCUT2D eigenvalue weighted by Crippen LogP contribution is -2.10. The quantitative estimate of drug-likeness (QED) is 0.913. The molecule has 0 fully saturated rings. The summed E-state index contributed by atoms with van der Waals surface area (Å²) >= 11 is 0. The van der Waals surface area contributed by atoms with Crippen LogP contribution >= 0.6 is 0 Å². The van der Waals surface area contributed by atoms with Crippen LogP contribution in [0.4, 0.5) is 0 Å². The molecule has 3 nitrogen and oxygen atoms in total. The van der Waals surface area contributed by atoms with Gasteiger partial charge in [0.15, 0.2) is 0 Å². The SMILES string of the molecule is COc1ccc(CN)c(Oc2cccc(C(C)(C)C)c2)c1. The predicted octanol–water partition coefficient (Wildman–Crippen LogP) is 4.24. The molecule has 0 aliphatic carbocycles. The summed E-state index contributed by atoms with van der Waals surface area (Å²) in [4.78, 5) is 0. The van der Waals surface area contributed by atoms with Gasteiger partial charge in [-0.25, -0.2) is 0 Å². The van der Waals surface area contributed by atoms with E-state index in [9.17, 15) is 0 Å². The Morgan fingerprint density at radius 2 is 1.76 bits per heavy atom. The third-order valence-corrected chi connectivity index (χ3v) is 3.42. The van der Waals surface area contributed by atoms with E-state index in [1.807, 2.05) is 30.3 Å². The summed E-state index contributed by atoms with van der Waals surface area (Å²) in [5.41, 5.74) is 8.05. The van der Waals surface area contributed by atoms with Gasteiger partial charge in [0.05, 0.1) is 7.11 Å². The Labute approximate surface area is 126 Å². The second kappa shape index (κ2) is 6.19.